The Kier molecular flexibility index (Phi) is 6.36. The van der Waals surface area contributed by atoms with Crippen LogP contribution >= 0.6 is 0 Å². The second-order valence-corrected chi connectivity index (χ2v) is 5.91. The number of likely N-dealkylation sites (tertiary alicyclic amines) is 1. The molecular weight excluding hydrogens is 295 g/mol. The maximum absolute atomic E-state index is 13.7. The summed E-state index contributed by atoms with van der Waals surface area (Å²) in [4.78, 5) is 14.1. The third-order valence-electron chi connectivity index (χ3n) is 4.25. The second kappa shape index (κ2) is 8.49. The van der Waals surface area contributed by atoms with Gasteiger partial charge in [0.2, 0.25) is 0 Å². The first-order valence-electron chi connectivity index (χ1n) is 8.04. The van der Waals surface area contributed by atoms with Gasteiger partial charge in [-0.05, 0) is 38.4 Å². The quantitative estimate of drug-likeness (QED) is 0.876. The Morgan fingerprint density at radius 3 is 2.96 bits per heavy atom. The summed E-state index contributed by atoms with van der Waals surface area (Å²) >= 11 is 0. The van der Waals surface area contributed by atoms with E-state index in [9.17, 15) is 9.18 Å². The molecule has 23 heavy (non-hydrogen) atoms. The molecule has 5 nitrogen and oxygen atoms in total. The first-order chi connectivity index (χ1) is 11.1. The number of nitriles is 1. The Morgan fingerprint density at radius 1 is 1.43 bits per heavy atom. The van der Waals surface area contributed by atoms with Crippen LogP contribution in [0.2, 0.25) is 0 Å². The minimum atomic E-state index is -0.480. The number of rotatable bonds is 5. The summed E-state index contributed by atoms with van der Waals surface area (Å²) in [6.07, 6.45) is 3.71. The summed E-state index contributed by atoms with van der Waals surface area (Å²) in [5.41, 5.74) is 0.634. The maximum atomic E-state index is 13.7. The Bertz CT molecular complexity index is 584. The van der Waals surface area contributed by atoms with Crippen molar-refractivity contribution in [2.75, 3.05) is 19.6 Å². The number of amides is 2. The molecule has 124 valence electrons. The molecule has 0 aliphatic carbocycles. The van der Waals surface area contributed by atoms with E-state index in [0.29, 0.717) is 18.2 Å². The van der Waals surface area contributed by atoms with Gasteiger partial charge in [-0.3, -0.25) is 4.90 Å². The van der Waals surface area contributed by atoms with Crippen LogP contribution in [0.3, 0.4) is 0 Å². The number of carbonyl (C=O) groups excluding carboxylic acids is 1. The van der Waals surface area contributed by atoms with Crippen molar-refractivity contribution >= 4 is 6.03 Å². The Labute approximate surface area is 136 Å². The van der Waals surface area contributed by atoms with Gasteiger partial charge in [0.05, 0.1) is 11.6 Å². The molecule has 2 amide bonds. The van der Waals surface area contributed by atoms with E-state index >= 15 is 0 Å². The molecule has 1 aromatic rings. The van der Waals surface area contributed by atoms with E-state index in [-0.39, 0.29) is 18.1 Å². The number of urea groups is 1. The van der Waals surface area contributed by atoms with Gasteiger partial charge in [-0.15, -0.1) is 0 Å². The smallest absolute Gasteiger partial charge is 0.315 e. The van der Waals surface area contributed by atoms with E-state index in [1.807, 2.05) is 6.07 Å². The van der Waals surface area contributed by atoms with Gasteiger partial charge < -0.3 is 10.6 Å². The molecular formula is C17H23FN4O. The molecule has 0 unspecified atom stereocenters. The molecule has 0 saturated carbocycles. The van der Waals surface area contributed by atoms with Crippen LogP contribution in [0, 0.1) is 17.1 Å². The molecule has 1 atom stereocenters. The summed E-state index contributed by atoms with van der Waals surface area (Å²) in [7, 11) is 0. The van der Waals surface area contributed by atoms with E-state index in [1.54, 1.807) is 0 Å². The summed E-state index contributed by atoms with van der Waals surface area (Å²) in [5, 5.41) is 14.1. The molecule has 2 rings (SSSR count). The van der Waals surface area contributed by atoms with Crippen LogP contribution < -0.4 is 10.6 Å². The maximum Gasteiger partial charge on any atom is 0.315 e. The number of nitrogens with zero attached hydrogens (tertiary/aromatic N) is 2. The zero-order valence-corrected chi connectivity index (χ0v) is 13.4. The van der Waals surface area contributed by atoms with Crippen LogP contribution in [0.5, 0.6) is 0 Å². The minimum absolute atomic E-state index is 0.101. The van der Waals surface area contributed by atoms with Crippen molar-refractivity contribution in [2.45, 2.75) is 38.8 Å². The number of hydrogen-bond donors (Lipinski definition) is 2. The fraction of sp³-hybridized carbons (Fsp3) is 0.529. The highest BCUT2D eigenvalue weighted by molar-refractivity contribution is 5.73. The van der Waals surface area contributed by atoms with Crippen molar-refractivity contribution in [3.05, 3.63) is 35.1 Å². The predicted molar refractivity (Wildman–Crippen MR) is 86.2 cm³/mol. The highest BCUT2D eigenvalue weighted by Crippen LogP contribution is 2.15. The van der Waals surface area contributed by atoms with Gasteiger partial charge in [0, 0.05) is 31.2 Å². The van der Waals surface area contributed by atoms with E-state index < -0.39 is 5.82 Å². The molecule has 2 N–H and O–H groups in total. The van der Waals surface area contributed by atoms with Crippen LogP contribution in [0.4, 0.5) is 9.18 Å². The minimum Gasteiger partial charge on any atom is -0.337 e. The Hall–Kier alpha value is -2.13. The van der Waals surface area contributed by atoms with Gasteiger partial charge in [0.15, 0.2) is 0 Å². The van der Waals surface area contributed by atoms with Crippen molar-refractivity contribution in [3.8, 4) is 6.07 Å². The van der Waals surface area contributed by atoms with Crippen LogP contribution in [0.15, 0.2) is 18.2 Å². The number of nitrogens with one attached hydrogen (secondary N) is 2. The lowest BCUT2D eigenvalue weighted by Gasteiger charge is -2.33. The lowest BCUT2D eigenvalue weighted by atomic mass is 10.0. The van der Waals surface area contributed by atoms with Gasteiger partial charge in [-0.25, -0.2) is 9.18 Å². The molecule has 0 spiro atoms. The number of halogens is 1. The lowest BCUT2D eigenvalue weighted by Crippen LogP contribution is -2.44. The van der Waals surface area contributed by atoms with E-state index in [0.717, 1.165) is 13.1 Å². The molecule has 1 aliphatic rings. The third-order valence-corrected chi connectivity index (χ3v) is 4.25. The fourth-order valence-electron chi connectivity index (χ4n) is 2.80. The SMILES string of the molecule is C[C@@H]1CCCCN1CCNC(=O)NCc1ccc(C#N)cc1F. The zero-order valence-electron chi connectivity index (χ0n) is 13.4. The summed E-state index contributed by atoms with van der Waals surface area (Å²) in [6, 6.07) is 6.37. The molecule has 1 aliphatic heterocycles. The topological polar surface area (TPSA) is 68.2 Å². The van der Waals surface area contributed by atoms with Crippen molar-refractivity contribution in [3.63, 3.8) is 0 Å². The Morgan fingerprint density at radius 2 is 2.26 bits per heavy atom. The van der Waals surface area contributed by atoms with Crippen LogP contribution in [0.25, 0.3) is 0 Å². The molecule has 1 fully saturated rings. The second-order valence-electron chi connectivity index (χ2n) is 5.91. The number of carbonyl (C=O) groups is 1. The van der Waals surface area contributed by atoms with Crippen molar-refractivity contribution in [1.29, 1.82) is 5.26 Å². The summed E-state index contributed by atoms with van der Waals surface area (Å²) in [5.74, 6) is -0.480. The number of hydrogen-bond acceptors (Lipinski definition) is 3. The highest BCUT2D eigenvalue weighted by Gasteiger charge is 2.17. The monoisotopic (exact) mass is 318 g/mol. The molecule has 1 heterocycles. The molecule has 0 bridgehead atoms. The largest absolute Gasteiger partial charge is 0.337 e. The molecule has 0 aromatic heterocycles. The first-order valence-corrected chi connectivity index (χ1v) is 8.04. The van der Waals surface area contributed by atoms with E-state index in [1.165, 1.54) is 37.5 Å². The lowest BCUT2D eigenvalue weighted by molar-refractivity contribution is 0.161. The molecule has 1 aromatic carbocycles. The Balaban J connectivity index is 1.70. The summed E-state index contributed by atoms with van der Waals surface area (Å²) < 4.78 is 13.7. The third kappa shape index (κ3) is 5.22. The molecule has 0 radical (unpaired) electrons. The number of piperidine rings is 1. The predicted octanol–water partition coefficient (Wildman–Crippen LogP) is 2.37. The first kappa shape index (κ1) is 17.2. The normalized spacial score (nSPS) is 18.2. The van der Waals surface area contributed by atoms with Gasteiger partial charge in [0.25, 0.3) is 0 Å². The van der Waals surface area contributed by atoms with Gasteiger partial charge in [0.1, 0.15) is 5.82 Å². The standard InChI is InChI=1S/C17H23FN4O/c1-13-4-2-3-8-22(13)9-7-20-17(23)21-12-15-6-5-14(11-19)10-16(15)18/h5-6,10,13H,2-4,7-9,12H2,1H3,(H2,20,21,23)/t13-/m1/s1. The van der Waals surface area contributed by atoms with Crippen LogP contribution in [-0.2, 0) is 6.54 Å². The zero-order chi connectivity index (χ0) is 16.7. The average Bonchev–Trinajstić information content (AvgIpc) is 2.55. The molecule has 6 heteroatoms. The van der Waals surface area contributed by atoms with Crippen LogP contribution in [-0.4, -0.2) is 36.6 Å². The fourth-order valence-corrected chi connectivity index (χ4v) is 2.80. The van der Waals surface area contributed by atoms with Crippen molar-refractivity contribution < 1.29 is 9.18 Å². The van der Waals surface area contributed by atoms with Crippen molar-refractivity contribution in [1.82, 2.24) is 15.5 Å². The van der Waals surface area contributed by atoms with Crippen LogP contribution in [0.1, 0.15) is 37.3 Å². The van der Waals surface area contributed by atoms with Gasteiger partial charge in [-0.2, -0.15) is 5.26 Å². The van der Waals surface area contributed by atoms with Gasteiger partial charge >= 0.3 is 6.03 Å². The summed E-state index contributed by atoms with van der Waals surface area (Å²) in [6.45, 7) is 4.81. The van der Waals surface area contributed by atoms with E-state index in [2.05, 4.69) is 22.5 Å². The molecule has 1 saturated heterocycles. The van der Waals surface area contributed by atoms with E-state index in [4.69, 9.17) is 5.26 Å². The number of benzene rings is 1. The highest BCUT2D eigenvalue weighted by atomic mass is 19.1. The van der Waals surface area contributed by atoms with Crippen molar-refractivity contribution in [2.24, 2.45) is 0 Å². The van der Waals surface area contributed by atoms with Gasteiger partial charge in [-0.1, -0.05) is 12.5 Å². The average molecular weight is 318 g/mol.